The van der Waals surface area contributed by atoms with Crippen molar-refractivity contribution in [3.8, 4) is 11.1 Å². The van der Waals surface area contributed by atoms with Crippen LogP contribution in [0.15, 0.2) is 72.9 Å². The Morgan fingerprint density at radius 1 is 0.867 bits per heavy atom. The number of rotatable bonds is 0. The van der Waals surface area contributed by atoms with E-state index in [4.69, 9.17) is 23.2 Å². The minimum atomic E-state index is -1.75. The molecule has 12 heteroatoms. The zero-order chi connectivity index (χ0) is 20.9. The van der Waals surface area contributed by atoms with Crippen LogP contribution < -0.4 is 11.0 Å². The summed E-state index contributed by atoms with van der Waals surface area (Å²) in [5.41, 5.74) is 2.22. The summed E-state index contributed by atoms with van der Waals surface area (Å²) in [5, 5.41) is 23.2. The van der Waals surface area contributed by atoms with E-state index in [1.807, 2.05) is 6.07 Å². The molecule has 1 amide bonds. The number of nitrogens with zero attached hydrogens (tertiary/aromatic N) is 6. The predicted octanol–water partition coefficient (Wildman–Crippen LogP) is 4.43. The zero-order valence-electron chi connectivity index (χ0n) is 14.9. The van der Waals surface area contributed by atoms with Crippen LogP contribution in [0.5, 0.6) is 0 Å². The molecule has 4 aliphatic heterocycles. The van der Waals surface area contributed by atoms with Gasteiger partial charge in [-0.3, -0.25) is 14.7 Å². The molecular weight excluding hydrogens is 431 g/mol. The van der Waals surface area contributed by atoms with Crippen molar-refractivity contribution in [2.24, 2.45) is 25.6 Å². The first kappa shape index (κ1) is 18.4. The SMILES string of the molecule is O=C1NN=CC12N=Nc1ccc(cc1Cl)-c1ccc(c(Cl)c1)N=Nc1cn2[nH]c1=O. The number of aromatic nitrogens is 2. The monoisotopic (exact) mass is 440 g/mol. The number of benzene rings is 2. The van der Waals surface area contributed by atoms with E-state index in [9.17, 15) is 9.59 Å². The number of H-pyrrole nitrogens is 1. The van der Waals surface area contributed by atoms with Gasteiger partial charge in [0.05, 0.1) is 22.5 Å². The summed E-state index contributed by atoms with van der Waals surface area (Å²) in [7, 11) is 0. The van der Waals surface area contributed by atoms with E-state index in [0.717, 1.165) is 15.8 Å². The topological polar surface area (TPSA) is 129 Å². The molecule has 1 unspecified atom stereocenters. The maximum atomic E-state index is 12.5. The van der Waals surface area contributed by atoms with Crippen molar-refractivity contribution in [1.82, 2.24) is 15.2 Å². The second-order valence-electron chi connectivity index (χ2n) is 6.48. The molecule has 0 saturated carbocycles. The molecule has 7 rings (SSSR count). The van der Waals surface area contributed by atoms with E-state index in [1.54, 1.807) is 30.3 Å². The second-order valence-corrected chi connectivity index (χ2v) is 7.30. The number of carbonyl (C=O) groups is 1. The lowest BCUT2D eigenvalue weighted by Crippen LogP contribution is -2.43. The lowest BCUT2D eigenvalue weighted by molar-refractivity contribution is -0.125. The molecule has 5 heterocycles. The van der Waals surface area contributed by atoms with Crippen LogP contribution in [0, 0.1) is 0 Å². The molecule has 0 fully saturated rings. The zero-order valence-corrected chi connectivity index (χ0v) is 16.4. The van der Waals surface area contributed by atoms with Crippen LogP contribution in [-0.2, 0) is 10.5 Å². The lowest BCUT2D eigenvalue weighted by atomic mass is 10.1. The molecule has 0 radical (unpaired) electrons. The molecule has 6 bridgehead atoms. The summed E-state index contributed by atoms with van der Waals surface area (Å²) in [5.74, 6) is -0.618. The Morgan fingerprint density at radius 2 is 1.50 bits per heavy atom. The van der Waals surface area contributed by atoms with Gasteiger partial charge in [0.1, 0.15) is 11.4 Å². The van der Waals surface area contributed by atoms with Crippen LogP contribution in [0.3, 0.4) is 0 Å². The van der Waals surface area contributed by atoms with E-state index in [1.165, 1.54) is 12.4 Å². The Morgan fingerprint density at radius 3 is 2.10 bits per heavy atom. The van der Waals surface area contributed by atoms with Gasteiger partial charge in [0.15, 0.2) is 5.69 Å². The highest BCUT2D eigenvalue weighted by Gasteiger charge is 2.44. The fraction of sp³-hybridized carbons (Fsp3) is 0.0556. The standard InChI is InChI=1S/C18H10Cl2N8O2/c19-11-5-9-1-3-13(11)22-23-15-7-28(26-16(15)29)18(8-21-25-17(18)30)27-24-14-4-2-10(9)6-12(14)20/h1-8H,(H,25,30)(H,26,29). The summed E-state index contributed by atoms with van der Waals surface area (Å²) in [6.07, 6.45) is 2.51. The molecule has 148 valence electrons. The van der Waals surface area contributed by atoms with Gasteiger partial charge in [0.25, 0.3) is 17.1 Å². The molecule has 0 saturated heterocycles. The second kappa shape index (κ2) is 6.71. The van der Waals surface area contributed by atoms with E-state index < -0.39 is 17.1 Å². The van der Waals surface area contributed by atoms with Crippen LogP contribution in [-0.4, -0.2) is 21.9 Å². The minimum absolute atomic E-state index is 0.0497. The van der Waals surface area contributed by atoms with Gasteiger partial charge < -0.3 is 0 Å². The molecule has 2 aromatic carbocycles. The molecule has 4 aliphatic rings. The summed E-state index contributed by atoms with van der Waals surface area (Å²) < 4.78 is 1.15. The van der Waals surface area contributed by atoms with Gasteiger partial charge in [0, 0.05) is 0 Å². The van der Waals surface area contributed by atoms with Crippen molar-refractivity contribution in [1.29, 1.82) is 0 Å². The Bertz CT molecular complexity index is 1360. The first-order chi connectivity index (χ1) is 14.5. The number of nitrogens with one attached hydrogen (secondary N) is 2. The first-order valence-electron chi connectivity index (χ1n) is 8.57. The van der Waals surface area contributed by atoms with Crippen LogP contribution in [0.2, 0.25) is 10.0 Å². The fourth-order valence-corrected chi connectivity index (χ4v) is 3.46. The first-order valence-corrected chi connectivity index (χ1v) is 9.33. The Labute approximate surface area is 177 Å². The third-order valence-corrected chi connectivity index (χ3v) is 5.23. The van der Waals surface area contributed by atoms with E-state index in [2.05, 4.69) is 36.1 Å². The van der Waals surface area contributed by atoms with Crippen molar-refractivity contribution in [2.45, 2.75) is 5.66 Å². The molecule has 3 aromatic rings. The number of amides is 1. The smallest absolute Gasteiger partial charge is 0.267 e. The number of aromatic amines is 1. The van der Waals surface area contributed by atoms with Crippen molar-refractivity contribution in [3.63, 3.8) is 0 Å². The molecule has 30 heavy (non-hydrogen) atoms. The summed E-state index contributed by atoms with van der Waals surface area (Å²) in [6, 6.07) is 10.4. The number of halogens is 2. The van der Waals surface area contributed by atoms with Gasteiger partial charge >= 0.3 is 0 Å². The van der Waals surface area contributed by atoms with Gasteiger partial charge in [-0.25, -0.2) is 10.1 Å². The van der Waals surface area contributed by atoms with Crippen LogP contribution in [0.1, 0.15) is 0 Å². The average molecular weight is 441 g/mol. The third-order valence-electron chi connectivity index (χ3n) is 4.62. The van der Waals surface area contributed by atoms with Gasteiger partial charge in [-0.05, 0) is 35.4 Å². The summed E-state index contributed by atoms with van der Waals surface area (Å²) >= 11 is 12.7. The normalized spacial score (nSPS) is 19.2. The van der Waals surface area contributed by atoms with Crippen LogP contribution >= 0.6 is 23.2 Å². The largest absolute Gasteiger partial charge is 0.298 e. The van der Waals surface area contributed by atoms with Gasteiger partial charge in [-0.2, -0.15) is 10.2 Å². The molecule has 1 atom stereocenters. The average Bonchev–Trinajstić information content (AvgIpc) is 3.28. The molecule has 0 aliphatic carbocycles. The number of fused-ring (bicyclic) bond motifs is 2. The molecule has 2 N–H and O–H groups in total. The number of hydrogen-bond acceptors (Lipinski definition) is 7. The molecule has 1 aromatic heterocycles. The Balaban J connectivity index is 1.78. The molecule has 1 spiro atoms. The van der Waals surface area contributed by atoms with Gasteiger partial charge in [-0.1, -0.05) is 35.3 Å². The summed E-state index contributed by atoms with van der Waals surface area (Å²) in [4.78, 5) is 24.9. The highest BCUT2D eigenvalue weighted by molar-refractivity contribution is 6.34. The quantitative estimate of drug-likeness (QED) is 0.535. The van der Waals surface area contributed by atoms with E-state index in [0.29, 0.717) is 21.4 Å². The van der Waals surface area contributed by atoms with E-state index in [-0.39, 0.29) is 5.69 Å². The van der Waals surface area contributed by atoms with Gasteiger partial charge in [0.2, 0.25) is 0 Å². The number of azo groups is 2. The predicted molar refractivity (Wildman–Crippen MR) is 110 cm³/mol. The van der Waals surface area contributed by atoms with Crippen molar-refractivity contribution >= 4 is 52.4 Å². The minimum Gasteiger partial charge on any atom is -0.267 e. The Hall–Kier alpha value is -3.63. The highest BCUT2D eigenvalue weighted by Crippen LogP contribution is 2.36. The van der Waals surface area contributed by atoms with E-state index >= 15 is 0 Å². The number of hydrogen-bond donors (Lipinski definition) is 2. The summed E-state index contributed by atoms with van der Waals surface area (Å²) in [6.45, 7) is 0. The maximum Gasteiger partial charge on any atom is 0.298 e. The molecular formula is C18H10Cl2N8O2. The van der Waals surface area contributed by atoms with Gasteiger partial charge in [-0.15, -0.1) is 15.3 Å². The van der Waals surface area contributed by atoms with Crippen LogP contribution in [0.25, 0.3) is 11.1 Å². The highest BCUT2D eigenvalue weighted by atomic mass is 35.5. The van der Waals surface area contributed by atoms with Crippen molar-refractivity contribution < 1.29 is 4.79 Å². The van der Waals surface area contributed by atoms with Crippen molar-refractivity contribution in [3.05, 3.63) is 63.0 Å². The number of carbonyl (C=O) groups excluding carboxylic acids is 1. The Kier molecular flexibility index (Phi) is 4.12. The number of hydrazone groups is 1. The third kappa shape index (κ3) is 2.85. The fourth-order valence-electron chi connectivity index (χ4n) is 3.02. The maximum absolute atomic E-state index is 12.5. The lowest BCUT2D eigenvalue weighted by Gasteiger charge is -2.18. The van der Waals surface area contributed by atoms with Crippen molar-refractivity contribution in [2.75, 3.05) is 0 Å². The van der Waals surface area contributed by atoms with Crippen LogP contribution in [0.4, 0.5) is 17.1 Å². The molecule has 10 nitrogen and oxygen atoms in total.